The lowest BCUT2D eigenvalue weighted by molar-refractivity contribution is -0.119. The summed E-state index contributed by atoms with van der Waals surface area (Å²) in [7, 11) is 3.19. The summed E-state index contributed by atoms with van der Waals surface area (Å²) >= 11 is 0. The van der Waals surface area contributed by atoms with E-state index in [1.807, 2.05) is 67.7 Å². The van der Waals surface area contributed by atoms with Gasteiger partial charge in [0.2, 0.25) is 5.91 Å². The number of hydrogen-bond acceptors (Lipinski definition) is 4. The first-order valence-corrected chi connectivity index (χ1v) is 13.3. The highest BCUT2D eigenvalue weighted by Crippen LogP contribution is 2.45. The largest absolute Gasteiger partial charge is 0.497 e. The highest BCUT2D eigenvalue weighted by atomic mass is 19.1. The first-order chi connectivity index (χ1) is 19.5. The van der Waals surface area contributed by atoms with E-state index >= 15 is 0 Å². The van der Waals surface area contributed by atoms with Crippen molar-refractivity contribution in [2.45, 2.75) is 25.8 Å². The Morgan fingerprint density at radius 1 is 0.925 bits per heavy atom. The van der Waals surface area contributed by atoms with E-state index in [0.717, 1.165) is 23.4 Å². The van der Waals surface area contributed by atoms with Crippen LogP contribution in [0.1, 0.15) is 47.4 Å². The summed E-state index contributed by atoms with van der Waals surface area (Å²) < 4.78 is 27.3. The smallest absolute Gasteiger partial charge is 0.254 e. The zero-order valence-corrected chi connectivity index (χ0v) is 22.8. The average molecular weight is 542 g/mol. The van der Waals surface area contributed by atoms with Crippen molar-refractivity contribution in [3.8, 4) is 17.2 Å². The number of para-hydroxylation sites is 2. The normalized spacial score (nSPS) is 13.8. The molecule has 1 aromatic heterocycles. The summed E-state index contributed by atoms with van der Waals surface area (Å²) in [6.45, 7) is 2.22. The summed E-state index contributed by atoms with van der Waals surface area (Å²) in [6.07, 6.45) is 3.52. The second kappa shape index (κ2) is 11.7. The second-order valence-electron chi connectivity index (χ2n) is 9.66. The summed E-state index contributed by atoms with van der Waals surface area (Å²) in [4.78, 5) is 31.1. The minimum atomic E-state index is -0.556. The zero-order valence-electron chi connectivity index (χ0n) is 22.8. The monoisotopic (exact) mass is 541 g/mol. The number of rotatable bonds is 9. The number of nitrogens with zero attached hydrogens (tertiary/aromatic N) is 3. The second-order valence-corrected chi connectivity index (χ2v) is 9.66. The summed E-state index contributed by atoms with van der Waals surface area (Å²) in [5, 5.41) is 0. The Balaban J connectivity index is 1.61. The van der Waals surface area contributed by atoms with Crippen molar-refractivity contribution in [3.63, 3.8) is 0 Å². The first kappa shape index (κ1) is 27.0. The summed E-state index contributed by atoms with van der Waals surface area (Å²) in [5.41, 5.74) is 3.39. The summed E-state index contributed by atoms with van der Waals surface area (Å²) in [5.74, 6) is 0.0880. The number of fused-ring (bicyclic) bond motifs is 3. The number of carbonyl (C=O) groups is 2. The molecule has 40 heavy (non-hydrogen) atoms. The maximum Gasteiger partial charge on any atom is 0.254 e. The number of unbranched alkanes of at least 4 members (excludes halogenated alkanes) is 1. The number of amides is 2. The molecule has 8 heteroatoms. The van der Waals surface area contributed by atoms with E-state index in [-0.39, 0.29) is 23.9 Å². The number of methoxy groups -OCH3 is 2. The van der Waals surface area contributed by atoms with Crippen LogP contribution in [0.5, 0.6) is 11.5 Å². The average Bonchev–Trinajstić information content (AvgIpc) is 3.48. The van der Waals surface area contributed by atoms with Gasteiger partial charge in [-0.2, -0.15) is 0 Å². The molecular formula is C32H32FN3O4. The molecule has 5 rings (SSSR count). The van der Waals surface area contributed by atoms with E-state index in [1.165, 1.54) is 23.1 Å². The van der Waals surface area contributed by atoms with Crippen LogP contribution in [-0.2, 0) is 4.79 Å². The van der Waals surface area contributed by atoms with Crippen LogP contribution < -0.4 is 14.4 Å². The lowest BCUT2D eigenvalue weighted by Crippen LogP contribution is -2.47. The minimum Gasteiger partial charge on any atom is -0.497 e. The Morgan fingerprint density at radius 2 is 1.73 bits per heavy atom. The van der Waals surface area contributed by atoms with E-state index in [1.54, 1.807) is 25.2 Å². The van der Waals surface area contributed by atoms with Crippen molar-refractivity contribution in [2.75, 3.05) is 32.2 Å². The van der Waals surface area contributed by atoms with Gasteiger partial charge in [-0.1, -0.05) is 31.5 Å². The van der Waals surface area contributed by atoms with Gasteiger partial charge in [0, 0.05) is 23.9 Å². The predicted octanol–water partition coefficient (Wildman–Crippen LogP) is 6.01. The first-order valence-electron chi connectivity index (χ1n) is 13.3. The summed E-state index contributed by atoms with van der Waals surface area (Å²) in [6, 6.07) is 22.1. The molecule has 0 fully saturated rings. The molecule has 0 saturated carbocycles. The Hall–Kier alpha value is -4.59. The molecule has 4 aromatic rings. The number of anilines is 1. The fourth-order valence-electron chi connectivity index (χ4n) is 5.25. The van der Waals surface area contributed by atoms with Crippen LogP contribution in [0, 0.1) is 5.82 Å². The molecule has 0 N–H and O–H groups in total. The fourth-order valence-corrected chi connectivity index (χ4v) is 5.25. The zero-order chi connectivity index (χ0) is 28.2. The van der Waals surface area contributed by atoms with E-state index < -0.39 is 11.9 Å². The molecule has 1 atom stereocenters. The Labute approximate surface area is 233 Å². The van der Waals surface area contributed by atoms with Crippen LogP contribution in [-0.4, -0.2) is 48.6 Å². The van der Waals surface area contributed by atoms with Gasteiger partial charge < -0.3 is 18.9 Å². The van der Waals surface area contributed by atoms with Gasteiger partial charge in [-0.15, -0.1) is 0 Å². The molecule has 1 unspecified atom stereocenters. The van der Waals surface area contributed by atoms with Crippen molar-refractivity contribution >= 4 is 17.5 Å². The van der Waals surface area contributed by atoms with Gasteiger partial charge in [-0.3, -0.25) is 14.5 Å². The third-order valence-corrected chi connectivity index (χ3v) is 7.19. The van der Waals surface area contributed by atoms with E-state index in [9.17, 15) is 14.0 Å². The van der Waals surface area contributed by atoms with Crippen molar-refractivity contribution in [1.29, 1.82) is 0 Å². The van der Waals surface area contributed by atoms with Crippen LogP contribution in [0.15, 0.2) is 85.1 Å². The molecule has 0 spiro atoms. The lowest BCUT2D eigenvalue weighted by Gasteiger charge is -2.40. The Morgan fingerprint density at radius 3 is 2.45 bits per heavy atom. The van der Waals surface area contributed by atoms with Gasteiger partial charge >= 0.3 is 0 Å². The molecule has 0 radical (unpaired) electrons. The number of benzene rings is 3. The van der Waals surface area contributed by atoms with Crippen LogP contribution in [0.3, 0.4) is 0 Å². The number of hydrogen-bond donors (Lipinski definition) is 0. The van der Waals surface area contributed by atoms with E-state index in [2.05, 4.69) is 4.57 Å². The highest BCUT2D eigenvalue weighted by molar-refractivity contribution is 6.02. The topological polar surface area (TPSA) is 64.0 Å². The number of aromatic nitrogens is 1. The SMILES string of the molecule is CCCCN(CC(=O)N1c2ccccc2-n2cccc2C1c1cc(OC)ccc1OC)C(=O)c1cccc(F)c1. The standard InChI is InChI=1S/C32H32FN3O4/c1-4-5-17-34(32(38)22-10-8-11-23(33)19-22)21-30(37)36-27-13-7-6-12-26(27)35-18-9-14-28(35)31(36)25-20-24(39-2)15-16-29(25)40-3/h6-16,18-20,31H,4-5,17,21H2,1-3H3. The molecule has 1 aliphatic heterocycles. The molecule has 0 aliphatic carbocycles. The molecule has 0 bridgehead atoms. The molecule has 206 valence electrons. The molecule has 0 saturated heterocycles. The lowest BCUT2D eigenvalue weighted by atomic mass is 9.96. The molecule has 1 aliphatic rings. The van der Waals surface area contributed by atoms with Crippen molar-refractivity contribution in [2.24, 2.45) is 0 Å². The van der Waals surface area contributed by atoms with Gasteiger partial charge in [-0.25, -0.2) is 4.39 Å². The Kier molecular flexibility index (Phi) is 7.86. The maximum atomic E-state index is 14.4. The van der Waals surface area contributed by atoms with Gasteiger partial charge in [-0.05, 0) is 67.1 Å². The fraction of sp³-hybridized carbons (Fsp3) is 0.250. The van der Waals surface area contributed by atoms with Crippen LogP contribution in [0.2, 0.25) is 0 Å². The van der Waals surface area contributed by atoms with Gasteiger partial charge in [0.25, 0.3) is 5.91 Å². The van der Waals surface area contributed by atoms with E-state index in [4.69, 9.17) is 9.47 Å². The third kappa shape index (κ3) is 5.04. The van der Waals surface area contributed by atoms with Crippen molar-refractivity contribution < 1.29 is 23.5 Å². The van der Waals surface area contributed by atoms with Crippen molar-refractivity contribution in [3.05, 3.63) is 108 Å². The van der Waals surface area contributed by atoms with Crippen LogP contribution in [0.4, 0.5) is 10.1 Å². The number of halogens is 1. The van der Waals surface area contributed by atoms with Gasteiger partial charge in [0.05, 0.1) is 31.3 Å². The third-order valence-electron chi connectivity index (χ3n) is 7.19. The van der Waals surface area contributed by atoms with E-state index in [0.29, 0.717) is 30.2 Å². The molecule has 3 aromatic carbocycles. The number of ether oxygens (including phenoxy) is 2. The van der Waals surface area contributed by atoms with Gasteiger partial charge in [0.15, 0.2) is 0 Å². The molecule has 2 amide bonds. The van der Waals surface area contributed by atoms with Crippen molar-refractivity contribution in [1.82, 2.24) is 9.47 Å². The predicted molar refractivity (Wildman–Crippen MR) is 152 cm³/mol. The molecular weight excluding hydrogens is 509 g/mol. The van der Waals surface area contributed by atoms with Crippen LogP contribution in [0.25, 0.3) is 5.69 Å². The minimum absolute atomic E-state index is 0.173. The van der Waals surface area contributed by atoms with Gasteiger partial charge in [0.1, 0.15) is 29.9 Å². The number of carbonyl (C=O) groups excluding carboxylic acids is 2. The quantitative estimate of drug-likeness (QED) is 0.260. The molecule has 2 heterocycles. The molecule has 7 nitrogen and oxygen atoms in total. The maximum absolute atomic E-state index is 14.4. The Bertz CT molecular complexity index is 1530. The highest BCUT2D eigenvalue weighted by Gasteiger charge is 2.38. The van der Waals surface area contributed by atoms with Crippen LogP contribution >= 0.6 is 0 Å².